The quantitative estimate of drug-likeness (QED) is 0.617. The van der Waals surface area contributed by atoms with Crippen LogP contribution in [0.15, 0.2) is 6.33 Å². The van der Waals surface area contributed by atoms with Crippen LogP contribution >= 0.6 is 35.0 Å². The number of sulfone groups is 1. The molecule has 5 nitrogen and oxygen atoms in total. The summed E-state index contributed by atoms with van der Waals surface area (Å²) in [6.07, 6.45) is 2.56. The van der Waals surface area contributed by atoms with Crippen LogP contribution in [0.5, 0.6) is 0 Å². The third-order valence-corrected chi connectivity index (χ3v) is 6.09. The number of anilines is 1. The minimum atomic E-state index is -3.20. The van der Waals surface area contributed by atoms with Gasteiger partial charge in [0.25, 0.3) is 0 Å². The van der Waals surface area contributed by atoms with Crippen molar-refractivity contribution in [3.63, 3.8) is 0 Å². The van der Waals surface area contributed by atoms with Crippen molar-refractivity contribution in [2.45, 2.75) is 11.3 Å². The number of nitrogens with zero attached hydrogens (tertiary/aromatic N) is 3. The van der Waals surface area contributed by atoms with Gasteiger partial charge in [-0.05, 0) is 0 Å². The molecule has 0 bridgehead atoms. The molecule has 0 spiro atoms. The maximum Gasteiger partial charge on any atom is 0.169 e. The van der Waals surface area contributed by atoms with Crippen LogP contribution in [0.1, 0.15) is 5.56 Å². The third kappa shape index (κ3) is 3.26. The molecule has 1 aromatic rings. The Morgan fingerprint density at radius 3 is 2.89 bits per heavy atom. The first-order chi connectivity index (χ1) is 8.95. The van der Waals surface area contributed by atoms with Crippen molar-refractivity contribution in [1.82, 2.24) is 9.97 Å². The van der Waals surface area contributed by atoms with E-state index in [4.69, 9.17) is 23.2 Å². The van der Waals surface area contributed by atoms with Gasteiger partial charge < -0.3 is 4.90 Å². The molecule has 1 saturated heterocycles. The van der Waals surface area contributed by atoms with Crippen LogP contribution in [0, 0.1) is 0 Å². The van der Waals surface area contributed by atoms with Crippen molar-refractivity contribution < 1.29 is 8.42 Å². The number of hydrogen-bond donors (Lipinski definition) is 0. The van der Waals surface area contributed by atoms with Crippen molar-refractivity contribution in [1.29, 1.82) is 0 Å². The molecule has 1 unspecified atom stereocenters. The fourth-order valence-corrected chi connectivity index (χ4v) is 5.25. The number of alkyl halides is 1. The summed E-state index contributed by atoms with van der Waals surface area (Å²) in [4.78, 5) is 9.81. The van der Waals surface area contributed by atoms with Crippen LogP contribution in [0.2, 0.25) is 5.15 Å². The second-order valence-electron chi connectivity index (χ2n) is 4.15. The summed E-state index contributed by atoms with van der Waals surface area (Å²) >= 11 is 13.5. The summed E-state index contributed by atoms with van der Waals surface area (Å²) in [7, 11) is -3.20. The van der Waals surface area contributed by atoms with E-state index in [-0.39, 0.29) is 11.0 Å². The molecule has 9 heteroatoms. The first-order valence-electron chi connectivity index (χ1n) is 5.53. The zero-order valence-electron chi connectivity index (χ0n) is 10.2. The van der Waals surface area contributed by atoms with Crippen LogP contribution in [-0.2, 0) is 15.7 Å². The Kier molecular flexibility index (Phi) is 4.81. The molecular formula is C10H13Cl2N3O2S2. The van der Waals surface area contributed by atoms with Crippen molar-refractivity contribution in [3.8, 4) is 0 Å². The lowest BCUT2D eigenvalue weighted by Crippen LogP contribution is -2.47. The molecule has 2 heterocycles. The predicted molar refractivity (Wildman–Crippen MR) is 79.9 cm³/mol. The molecule has 1 aromatic heterocycles. The molecule has 0 aliphatic carbocycles. The SMILES string of the molecule is CS(=O)(=O)C1CSCCN1c1ncnc(Cl)c1CCl. The van der Waals surface area contributed by atoms with E-state index in [0.29, 0.717) is 23.7 Å². The number of hydrogen-bond acceptors (Lipinski definition) is 6. The molecule has 1 fully saturated rings. The number of halogens is 2. The summed E-state index contributed by atoms with van der Waals surface area (Å²) in [5.74, 6) is 2.03. The highest BCUT2D eigenvalue weighted by Gasteiger charge is 2.33. The van der Waals surface area contributed by atoms with Gasteiger partial charge in [0.15, 0.2) is 9.84 Å². The minimum absolute atomic E-state index is 0.148. The molecule has 0 radical (unpaired) electrons. The second-order valence-corrected chi connectivity index (χ2v) is 8.13. The van der Waals surface area contributed by atoms with Gasteiger partial charge in [-0.2, -0.15) is 11.8 Å². The molecule has 2 rings (SSSR count). The summed E-state index contributed by atoms with van der Waals surface area (Å²) in [6.45, 7) is 0.597. The third-order valence-electron chi connectivity index (χ3n) is 2.85. The zero-order valence-corrected chi connectivity index (χ0v) is 13.4. The Morgan fingerprint density at radius 2 is 2.26 bits per heavy atom. The Labute approximate surface area is 126 Å². The van der Waals surface area contributed by atoms with E-state index in [1.165, 1.54) is 12.6 Å². The van der Waals surface area contributed by atoms with E-state index in [0.717, 1.165) is 5.75 Å². The van der Waals surface area contributed by atoms with E-state index in [2.05, 4.69) is 9.97 Å². The predicted octanol–water partition coefficient (Wildman–Crippen LogP) is 1.79. The van der Waals surface area contributed by atoms with Gasteiger partial charge in [-0.15, -0.1) is 11.6 Å². The minimum Gasteiger partial charge on any atom is -0.338 e. The molecule has 1 aliphatic rings. The summed E-state index contributed by atoms with van der Waals surface area (Å²) < 4.78 is 23.8. The average Bonchev–Trinajstić information content (AvgIpc) is 2.37. The van der Waals surface area contributed by atoms with Gasteiger partial charge in [0.2, 0.25) is 0 Å². The number of rotatable bonds is 3. The van der Waals surface area contributed by atoms with Gasteiger partial charge in [0, 0.05) is 29.9 Å². The van der Waals surface area contributed by atoms with Crippen molar-refractivity contribution in [2.75, 3.05) is 29.2 Å². The standard InChI is InChI=1S/C10H13Cl2N3O2S2/c1-19(16,17)8-5-18-3-2-15(8)10-7(4-11)9(12)13-6-14-10/h6,8H,2-5H2,1H3. The van der Waals surface area contributed by atoms with Gasteiger partial charge in [-0.1, -0.05) is 11.6 Å². The fourth-order valence-electron chi connectivity index (χ4n) is 1.92. The molecule has 0 amide bonds. The lowest BCUT2D eigenvalue weighted by Gasteiger charge is -2.35. The Hall–Kier alpha value is -0.240. The van der Waals surface area contributed by atoms with Crippen molar-refractivity contribution in [2.24, 2.45) is 0 Å². The van der Waals surface area contributed by atoms with Crippen LogP contribution in [0.3, 0.4) is 0 Å². The maximum atomic E-state index is 11.9. The van der Waals surface area contributed by atoms with Crippen LogP contribution in [0.25, 0.3) is 0 Å². The molecule has 1 atom stereocenters. The Bertz CT molecular complexity index is 568. The maximum absolute atomic E-state index is 11.9. The highest BCUT2D eigenvalue weighted by Crippen LogP contribution is 2.31. The van der Waals surface area contributed by atoms with Gasteiger partial charge in [-0.3, -0.25) is 0 Å². The highest BCUT2D eigenvalue weighted by molar-refractivity contribution is 8.01. The lowest BCUT2D eigenvalue weighted by atomic mass is 10.3. The summed E-state index contributed by atoms with van der Waals surface area (Å²) in [6, 6.07) is 0. The van der Waals surface area contributed by atoms with Crippen LogP contribution < -0.4 is 4.90 Å². The number of aromatic nitrogens is 2. The topological polar surface area (TPSA) is 63.2 Å². The fraction of sp³-hybridized carbons (Fsp3) is 0.600. The van der Waals surface area contributed by atoms with E-state index in [1.807, 2.05) is 0 Å². The summed E-state index contributed by atoms with van der Waals surface area (Å²) in [5.41, 5.74) is 0.575. The molecule has 0 N–H and O–H groups in total. The van der Waals surface area contributed by atoms with E-state index in [9.17, 15) is 8.42 Å². The second kappa shape index (κ2) is 6.03. The van der Waals surface area contributed by atoms with E-state index in [1.54, 1.807) is 16.7 Å². The van der Waals surface area contributed by atoms with Crippen LogP contribution in [-0.4, -0.2) is 48.1 Å². The molecule has 0 saturated carbocycles. The molecule has 1 aliphatic heterocycles. The zero-order chi connectivity index (χ0) is 14.0. The highest BCUT2D eigenvalue weighted by atomic mass is 35.5. The largest absolute Gasteiger partial charge is 0.338 e. The van der Waals surface area contributed by atoms with Gasteiger partial charge >= 0.3 is 0 Å². The van der Waals surface area contributed by atoms with Gasteiger partial charge in [0.1, 0.15) is 22.7 Å². The van der Waals surface area contributed by atoms with E-state index < -0.39 is 15.2 Å². The number of thioether (sulfide) groups is 1. The molecule has 106 valence electrons. The average molecular weight is 342 g/mol. The Balaban J connectivity index is 2.46. The van der Waals surface area contributed by atoms with Crippen molar-refractivity contribution >= 4 is 50.6 Å². The lowest BCUT2D eigenvalue weighted by molar-refractivity contribution is 0.583. The van der Waals surface area contributed by atoms with Crippen molar-refractivity contribution in [3.05, 3.63) is 17.0 Å². The smallest absolute Gasteiger partial charge is 0.169 e. The summed E-state index contributed by atoms with van der Waals surface area (Å²) in [5, 5.41) is -0.329. The van der Waals surface area contributed by atoms with Gasteiger partial charge in [0.05, 0.1) is 5.88 Å². The van der Waals surface area contributed by atoms with Crippen LogP contribution in [0.4, 0.5) is 5.82 Å². The Morgan fingerprint density at radius 1 is 1.53 bits per heavy atom. The normalized spacial score (nSPS) is 20.6. The monoisotopic (exact) mass is 341 g/mol. The molecule has 0 aromatic carbocycles. The molecular weight excluding hydrogens is 329 g/mol. The van der Waals surface area contributed by atoms with E-state index >= 15 is 0 Å². The van der Waals surface area contributed by atoms with Gasteiger partial charge in [-0.25, -0.2) is 18.4 Å². The first kappa shape index (κ1) is 15.2. The first-order valence-corrected chi connectivity index (χ1v) is 9.56. The molecule has 19 heavy (non-hydrogen) atoms.